The van der Waals surface area contributed by atoms with Crippen molar-refractivity contribution in [3.63, 3.8) is 0 Å². The fourth-order valence-electron chi connectivity index (χ4n) is 3.45. The van der Waals surface area contributed by atoms with Gasteiger partial charge in [0, 0.05) is 0 Å². The molecule has 130 valence electrons. The summed E-state index contributed by atoms with van der Waals surface area (Å²) in [5, 5.41) is 0. The molecule has 0 amide bonds. The third-order valence-corrected chi connectivity index (χ3v) is 6.12. The summed E-state index contributed by atoms with van der Waals surface area (Å²) in [7, 11) is 0. The molecular weight excluding hydrogens is 391 g/mol. The molecule has 2 aromatic carbocycles. The number of allylic oxidation sites excluding steroid dienone is 4. The van der Waals surface area contributed by atoms with E-state index in [1.807, 2.05) is 12.2 Å². The van der Waals surface area contributed by atoms with E-state index in [1.165, 1.54) is 59.1 Å². The van der Waals surface area contributed by atoms with E-state index in [4.69, 9.17) is 0 Å². The molecule has 1 heteroatoms. The first-order chi connectivity index (χ1) is 12.6. The first kappa shape index (κ1) is 19.4. The van der Waals surface area contributed by atoms with Crippen molar-refractivity contribution in [2.24, 2.45) is 0 Å². The van der Waals surface area contributed by atoms with Crippen LogP contribution in [0.4, 0.5) is 0 Å². The Balaban J connectivity index is 0.000000146. The second-order valence-electron chi connectivity index (χ2n) is 7.22. The molecule has 0 spiro atoms. The Bertz CT molecular complexity index is 772. The third kappa shape index (κ3) is 5.34. The van der Waals surface area contributed by atoms with E-state index in [0.717, 1.165) is 12.8 Å². The molecule has 0 unspecified atom stereocenters. The van der Waals surface area contributed by atoms with Gasteiger partial charge in [0.25, 0.3) is 0 Å². The molecule has 26 heavy (non-hydrogen) atoms. The van der Waals surface area contributed by atoms with Crippen LogP contribution in [0, 0.1) is 26.0 Å². The molecule has 0 N–H and O–H groups in total. The number of rotatable bonds is 0. The second-order valence-corrected chi connectivity index (χ2v) is 8.96. The zero-order chi connectivity index (χ0) is 18.4. The van der Waals surface area contributed by atoms with Gasteiger partial charge in [-0.1, -0.05) is 41.8 Å². The quantitative estimate of drug-likeness (QED) is 0.379. The number of hydrogen-bond acceptors (Lipinski definition) is 0. The first-order valence-electron chi connectivity index (χ1n) is 9.52. The first-order valence-corrected chi connectivity index (χ1v) is 10.8. The Morgan fingerprint density at radius 3 is 2.31 bits per heavy atom. The van der Waals surface area contributed by atoms with E-state index in [1.54, 1.807) is 27.4 Å². The molecule has 0 heterocycles. The Labute approximate surface area is 173 Å². The number of hydrogen-bond donors (Lipinski definition) is 0. The minimum atomic E-state index is 1.01. The molecule has 0 nitrogen and oxygen atoms in total. The summed E-state index contributed by atoms with van der Waals surface area (Å²) in [5.41, 5.74) is 8.21. The van der Waals surface area contributed by atoms with Crippen LogP contribution in [0.15, 0.2) is 48.6 Å². The predicted molar refractivity (Wildman–Crippen MR) is 108 cm³/mol. The molecular formula is C25H26Zr. The monoisotopic (exact) mass is 416 g/mol. The fourth-order valence-corrected chi connectivity index (χ4v) is 4.32. The molecule has 0 atom stereocenters. The van der Waals surface area contributed by atoms with Gasteiger partial charge in [-0.15, -0.1) is 12.0 Å². The maximum atomic E-state index is 3.38. The van der Waals surface area contributed by atoms with E-state index >= 15 is 0 Å². The van der Waals surface area contributed by atoms with Crippen molar-refractivity contribution >= 4 is 3.21 Å². The summed E-state index contributed by atoms with van der Waals surface area (Å²) in [5.74, 6) is 0. The zero-order valence-electron chi connectivity index (χ0n) is 15.9. The van der Waals surface area contributed by atoms with Gasteiger partial charge in [0.15, 0.2) is 0 Å². The van der Waals surface area contributed by atoms with Gasteiger partial charge in [0.05, 0.1) is 0 Å². The molecule has 1 fully saturated rings. The van der Waals surface area contributed by atoms with E-state index in [9.17, 15) is 0 Å². The van der Waals surface area contributed by atoms with Crippen molar-refractivity contribution in [1.82, 2.24) is 0 Å². The second kappa shape index (κ2) is 9.56. The van der Waals surface area contributed by atoms with Gasteiger partial charge in [-0.25, -0.2) is 12.2 Å². The van der Waals surface area contributed by atoms with Crippen molar-refractivity contribution in [3.8, 4) is 11.1 Å². The molecule has 0 bridgehead atoms. The Kier molecular flexibility index (Phi) is 7.15. The van der Waals surface area contributed by atoms with Gasteiger partial charge >= 0.3 is 53.1 Å². The SMILES string of the molecule is Cc1c[c-]c2c(c1)-c1cc(C)ccc1C2.[C-]1=CC=CC1.[Zr+2]=[C]1CCCC1. The number of aryl methyl sites for hydroxylation is 2. The van der Waals surface area contributed by atoms with E-state index < -0.39 is 0 Å². The Morgan fingerprint density at radius 2 is 1.73 bits per heavy atom. The Hall–Kier alpha value is -1.33. The normalized spacial score (nSPS) is 15.8. The van der Waals surface area contributed by atoms with Crippen molar-refractivity contribution in [1.29, 1.82) is 0 Å². The number of benzene rings is 2. The third-order valence-electron chi connectivity index (χ3n) is 4.89. The van der Waals surface area contributed by atoms with Crippen LogP contribution in [-0.4, -0.2) is 3.21 Å². The maximum absolute atomic E-state index is 3.38. The van der Waals surface area contributed by atoms with Crippen molar-refractivity contribution in [2.75, 3.05) is 0 Å². The van der Waals surface area contributed by atoms with Crippen molar-refractivity contribution in [2.45, 2.75) is 52.4 Å². The number of fused-ring (bicyclic) bond motifs is 3. The van der Waals surface area contributed by atoms with Crippen LogP contribution >= 0.6 is 0 Å². The van der Waals surface area contributed by atoms with Crippen LogP contribution in [-0.2, 0) is 30.7 Å². The summed E-state index contributed by atoms with van der Waals surface area (Å²) in [6.45, 7) is 4.28. The van der Waals surface area contributed by atoms with Crippen LogP contribution in [0.1, 0.15) is 54.4 Å². The average Bonchev–Trinajstić information content (AvgIpc) is 3.38. The minimum absolute atomic E-state index is 1.01. The van der Waals surface area contributed by atoms with E-state index in [2.05, 4.69) is 62.4 Å². The molecule has 0 aromatic heterocycles. The summed E-state index contributed by atoms with van der Waals surface area (Å²) < 4.78 is 1.79. The van der Waals surface area contributed by atoms with Crippen LogP contribution in [0.2, 0.25) is 0 Å². The van der Waals surface area contributed by atoms with Crippen LogP contribution < -0.4 is 0 Å². The summed E-state index contributed by atoms with van der Waals surface area (Å²) in [6.07, 6.45) is 16.9. The standard InChI is InChI=1S/C15H13.C5H8.C5H5.Zr/c1-10-3-5-12-9-13-6-4-11(2)8-15(13)14(12)7-10;2*1-2-4-5-3-1;/h3-5,7-8H,9H2,1-2H3;1-4H2;1-3H,4H2;/q-1;;-1;+2. The van der Waals surface area contributed by atoms with Crippen LogP contribution in [0.5, 0.6) is 0 Å². The van der Waals surface area contributed by atoms with Crippen LogP contribution in [0.3, 0.4) is 0 Å². The van der Waals surface area contributed by atoms with Gasteiger partial charge in [-0.3, -0.25) is 6.08 Å². The van der Waals surface area contributed by atoms with E-state index in [-0.39, 0.29) is 0 Å². The molecule has 2 aromatic rings. The molecule has 0 aliphatic heterocycles. The fraction of sp³-hybridized carbons (Fsp3) is 0.320. The van der Waals surface area contributed by atoms with Crippen LogP contribution in [0.25, 0.3) is 11.1 Å². The van der Waals surface area contributed by atoms with Gasteiger partial charge in [-0.2, -0.15) is 35.4 Å². The summed E-state index contributed by atoms with van der Waals surface area (Å²) >= 11 is 1.68. The van der Waals surface area contributed by atoms with Gasteiger partial charge < -0.3 is 0 Å². The molecule has 3 aliphatic rings. The summed E-state index contributed by atoms with van der Waals surface area (Å²) in [6, 6.07) is 14.5. The average molecular weight is 418 g/mol. The molecule has 0 radical (unpaired) electrons. The van der Waals surface area contributed by atoms with E-state index in [0.29, 0.717) is 0 Å². The zero-order valence-corrected chi connectivity index (χ0v) is 18.3. The van der Waals surface area contributed by atoms with Gasteiger partial charge in [-0.05, 0) is 13.3 Å². The topological polar surface area (TPSA) is 0 Å². The Morgan fingerprint density at radius 1 is 0.962 bits per heavy atom. The molecule has 3 aliphatic carbocycles. The molecule has 5 rings (SSSR count). The van der Waals surface area contributed by atoms with Gasteiger partial charge in [0.2, 0.25) is 0 Å². The molecule has 0 saturated heterocycles. The van der Waals surface area contributed by atoms with Crippen molar-refractivity contribution in [3.05, 3.63) is 83.0 Å². The molecule has 1 saturated carbocycles. The van der Waals surface area contributed by atoms with Gasteiger partial charge in [0.1, 0.15) is 0 Å². The summed E-state index contributed by atoms with van der Waals surface area (Å²) in [4.78, 5) is 0. The van der Waals surface area contributed by atoms with Crippen molar-refractivity contribution < 1.29 is 24.2 Å². The predicted octanol–water partition coefficient (Wildman–Crippen LogP) is 6.26.